The molecule has 0 radical (unpaired) electrons. The second kappa shape index (κ2) is 8.80. The molecule has 0 aliphatic heterocycles. The van der Waals surface area contributed by atoms with Gasteiger partial charge in [0.15, 0.2) is 0 Å². The summed E-state index contributed by atoms with van der Waals surface area (Å²) in [6, 6.07) is 4.61. The number of aryl methyl sites for hydroxylation is 2. The van der Waals surface area contributed by atoms with Crippen molar-refractivity contribution in [1.82, 2.24) is 4.90 Å². The molecule has 0 saturated heterocycles. The van der Waals surface area contributed by atoms with E-state index >= 15 is 0 Å². The van der Waals surface area contributed by atoms with Crippen LogP contribution < -0.4 is 4.74 Å². The van der Waals surface area contributed by atoms with Gasteiger partial charge in [0.05, 0.1) is 0 Å². The Balaban J connectivity index is 3.17. The highest BCUT2D eigenvalue weighted by Crippen LogP contribution is 2.29. The fourth-order valence-electron chi connectivity index (χ4n) is 2.52. The van der Waals surface area contributed by atoms with Crippen LogP contribution in [0.4, 0.5) is 0 Å². The van der Waals surface area contributed by atoms with Crippen LogP contribution in [0.25, 0.3) is 0 Å². The van der Waals surface area contributed by atoms with E-state index in [4.69, 9.17) is 4.74 Å². The molecular formula is C18H29NO. The van der Waals surface area contributed by atoms with Crippen molar-refractivity contribution >= 4 is 0 Å². The molecule has 0 amide bonds. The Bertz CT molecular complexity index is 396. The van der Waals surface area contributed by atoms with E-state index in [1.54, 1.807) is 0 Å². The quantitative estimate of drug-likeness (QED) is 0.626. The van der Waals surface area contributed by atoms with Crippen molar-refractivity contribution < 1.29 is 4.74 Å². The molecule has 2 nitrogen and oxygen atoms in total. The normalized spacial score (nSPS) is 10.8. The molecule has 0 bridgehead atoms. The SMILES string of the molecule is C=CCOc1c(CCC)cc(CN(C)C)cc1CCC. The first kappa shape index (κ1) is 16.8. The van der Waals surface area contributed by atoms with Crippen molar-refractivity contribution in [3.63, 3.8) is 0 Å². The van der Waals surface area contributed by atoms with Crippen LogP contribution in [0.3, 0.4) is 0 Å². The molecule has 2 heteroatoms. The first-order valence-electron chi connectivity index (χ1n) is 7.65. The lowest BCUT2D eigenvalue weighted by atomic mass is 9.98. The Morgan fingerprint density at radius 3 is 2.05 bits per heavy atom. The zero-order chi connectivity index (χ0) is 15.0. The van der Waals surface area contributed by atoms with Gasteiger partial charge in [0.2, 0.25) is 0 Å². The molecule has 1 aromatic rings. The van der Waals surface area contributed by atoms with Crippen LogP contribution in [0, 0.1) is 0 Å². The van der Waals surface area contributed by atoms with Crippen LogP contribution in [-0.4, -0.2) is 25.6 Å². The number of ether oxygens (including phenoxy) is 1. The maximum atomic E-state index is 5.95. The van der Waals surface area contributed by atoms with Crippen molar-refractivity contribution in [3.05, 3.63) is 41.5 Å². The highest BCUT2D eigenvalue weighted by Gasteiger charge is 2.12. The molecule has 0 heterocycles. The molecule has 112 valence electrons. The predicted octanol–water partition coefficient (Wildman–Crippen LogP) is 4.22. The summed E-state index contributed by atoms with van der Waals surface area (Å²) in [7, 11) is 4.22. The van der Waals surface area contributed by atoms with Gasteiger partial charge in [0, 0.05) is 6.54 Å². The number of hydrogen-bond donors (Lipinski definition) is 0. The van der Waals surface area contributed by atoms with Crippen LogP contribution in [0.1, 0.15) is 43.4 Å². The molecule has 0 aromatic heterocycles. The average Bonchev–Trinajstić information content (AvgIpc) is 2.38. The fraction of sp³-hybridized carbons (Fsp3) is 0.556. The van der Waals surface area contributed by atoms with Crippen LogP contribution in [0.5, 0.6) is 5.75 Å². The van der Waals surface area contributed by atoms with Gasteiger partial charge >= 0.3 is 0 Å². The molecule has 0 N–H and O–H groups in total. The lowest BCUT2D eigenvalue weighted by molar-refractivity contribution is 0.353. The van der Waals surface area contributed by atoms with E-state index in [-0.39, 0.29) is 0 Å². The van der Waals surface area contributed by atoms with Gasteiger partial charge in [-0.05, 0) is 43.6 Å². The molecule has 1 rings (SSSR count). The second-order valence-electron chi connectivity index (χ2n) is 5.58. The van der Waals surface area contributed by atoms with Crippen LogP contribution in [0.15, 0.2) is 24.8 Å². The monoisotopic (exact) mass is 275 g/mol. The summed E-state index contributed by atoms with van der Waals surface area (Å²) in [5.41, 5.74) is 4.07. The molecule has 0 aliphatic carbocycles. The molecule has 0 fully saturated rings. The number of nitrogens with zero attached hydrogens (tertiary/aromatic N) is 1. The lowest BCUT2D eigenvalue weighted by Crippen LogP contribution is -2.12. The zero-order valence-corrected chi connectivity index (χ0v) is 13.5. The number of benzene rings is 1. The minimum Gasteiger partial charge on any atom is -0.489 e. The lowest BCUT2D eigenvalue weighted by Gasteiger charge is -2.18. The molecule has 0 saturated carbocycles. The van der Waals surface area contributed by atoms with E-state index in [0.29, 0.717) is 6.61 Å². The van der Waals surface area contributed by atoms with E-state index < -0.39 is 0 Å². The van der Waals surface area contributed by atoms with Gasteiger partial charge in [-0.2, -0.15) is 0 Å². The van der Waals surface area contributed by atoms with E-state index in [1.165, 1.54) is 16.7 Å². The summed E-state index contributed by atoms with van der Waals surface area (Å²) in [5.74, 6) is 1.09. The van der Waals surface area contributed by atoms with Crippen molar-refractivity contribution in [1.29, 1.82) is 0 Å². The van der Waals surface area contributed by atoms with Gasteiger partial charge in [-0.3, -0.25) is 0 Å². The summed E-state index contributed by atoms with van der Waals surface area (Å²) in [5, 5.41) is 0. The van der Waals surface area contributed by atoms with E-state index in [2.05, 4.69) is 51.6 Å². The molecule has 1 aromatic carbocycles. The van der Waals surface area contributed by atoms with Gasteiger partial charge in [-0.15, -0.1) is 0 Å². The topological polar surface area (TPSA) is 12.5 Å². The van der Waals surface area contributed by atoms with Gasteiger partial charge in [0.25, 0.3) is 0 Å². The molecule has 0 spiro atoms. The van der Waals surface area contributed by atoms with Crippen molar-refractivity contribution in [2.75, 3.05) is 20.7 Å². The molecule has 20 heavy (non-hydrogen) atoms. The smallest absolute Gasteiger partial charge is 0.126 e. The summed E-state index contributed by atoms with van der Waals surface area (Å²) in [4.78, 5) is 2.21. The first-order valence-corrected chi connectivity index (χ1v) is 7.65. The standard InChI is InChI=1S/C18H29NO/c1-6-9-16-12-15(14-19(4)5)13-17(10-7-2)18(16)20-11-8-3/h8,12-13H,3,6-7,9-11,14H2,1-2,4-5H3. The van der Waals surface area contributed by atoms with Crippen molar-refractivity contribution in [2.24, 2.45) is 0 Å². The Morgan fingerprint density at radius 2 is 1.65 bits per heavy atom. The predicted molar refractivity (Wildman–Crippen MR) is 87.5 cm³/mol. The van der Waals surface area contributed by atoms with Crippen LogP contribution in [-0.2, 0) is 19.4 Å². The van der Waals surface area contributed by atoms with Gasteiger partial charge in [-0.25, -0.2) is 0 Å². The summed E-state index contributed by atoms with van der Waals surface area (Å²) >= 11 is 0. The Labute approximate surface area is 124 Å². The van der Waals surface area contributed by atoms with Crippen molar-refractivity contribution in [2.45, 2.75) is 46.1 Å². The third-order valence-electron chi connectivity index (χ3n) is 3.19. The minimum atomic E-state index is 0.584. The number of hydrogen-bond acceptors (Lipinski definition) is 2. The highest BCUT2D eigenvalue weighted by atomic mass is 16.5. The Kier molecular flexibility index (Phi) is 7.38. The van der Waals surface area contributed by atoms with E-state index in [9.17, 15) is 0 Å². The minimum absolute atomic E-state index is 0.584. The highest BCUT2D eigenvalue weighted by molar-refractivity contribution is 5.45. The van der Waals surface area contributed by atoms with Gasteiger partial charge in [-0.1, -0.05) is 51.5 Å². The summed E-state index contributed by atoms with van der Waals surface area (Å²) in [6.07, 6.45) is 6.25. The largest absolute Gasteiger partial charge is 0.489 e. The van der Waals surface area contributed by atoms with Crippen molar-refractivity contribution in [3.8, 4) is 5.75 Å². The molecule has 0 aliphatic rings. The maximum absolute atomic E-state index is 5.95. The molecule has 0 atom stereocenters. The average molecular weight is 275 g/mol. The summed E-state index contributed by atoms with van der Waals surface area (Å²) in [6.45, 7) is 9.75. The fourth-order valence-corrected chi connectivity index (χ4v) is 2.52. The number of rotatable bonds is 9. The Hall–Kier alpha value is -1.28. The maximum Gasteiger partial charge on any atom is 0.126 e. The van der Waals surface area contributed by atoms with Crippen LogP contribution >= 0.6 is 0 Å². The third-order valence-corrected chi connectivity index (χ3v) is 3.19. The Morgan fingerprint density at radius 1 is 1.10 bits per heavy atom. The summed E-state index contributed by atoms with van der Waals surface area (Å²) < 4.78 is 5.95. The van der Waals surface area contributed by atoms with Crippen LogP contribution in [0.2, 0.25) is 0 Å². The van der Waals surface area contributed by atoms with Gasteiger partial charge < -0.3 is 9.64 Å². The molecule has 0 unspecified atom stereocenters. The first-order chi connectivity index (χ1) is 9.62. The third kappa shape index (κ3) is 5.01. The van der Waals surface area contributed by atoms with E-state index in [0.717, 1.165) is 38.0 Å². The molecular weight excluding hydrogens is 246 g/mol. The zero-order valence-electron chi connectivity index (χ0n) is 13.5. The van der Waals surface area contributed by atoms with Gasteiger partial charge in [0.1, 0.15) is 12.4 Å². The second-order valence-corrected chi connectivity index (χ2v) is 5.58. The van der Waals surface area contributed by atoms with E-state index in [1.807, 2.05) is 6.08 Å².